The first-order chi connectivity index (χ1) is 28.3. The molecule has 9 atom stereocenters. The van der Waals surface area contributed by atoms with Gasteiger partial charge in [-0.3, -0.25) is 19.4 Å². The van der Waals surface area contributed by atoms with Gasteiger partial charge in [0.1, 0.15) is 11.2 Å². The number of rotatable bonds is 8. The Morgan fingerprint density at radius 3 is 2.44 bits per heavy atom. The third-order valence-electron chi connectivity index (χ3n) is 15.1. The van der Waals surface area contributed by atoms with Crippen LogP contribution in [0.3, 0.4) is 0 Å². The molecular weight excluding hydrogens is 863 g/mol. The van der Waals surface area contributed by atoms with Crippen molar-refractivity contribution in [3.8, 4) is 5.75 Å². The molecule has 59 heavy (non-hydrogen) atoms. The number of halogens is 1. The number of fused-ring (bicyclic) bond motifs is 6. The number of hydrogen-bond acceptors (Lipinski definition) is 11. The maximum atomic E-state index is 15.3. The minimum absolute atomic E-state index is 0.0434. The molecule has 314 valence electrons. The lowest BCUT2D eigenvalue weighted by atomic mass is 9.47. The third kappa shape index (κ3) is 5.25. The number of nitrogens with zero attached hydrogens (tertiary/aromatic N) is 3. The lowest BCUT2D eigenvalue weighted by molar-refractivity contribution is -0.235. The molecule has 12 nitrogen and oxygen atoms in total. The summed E-state index contributed by atoms with van der Waals surface area (Å²) in [7, 11) is 8.01. The molecule has 1 N–H and O–H groups in total. The van der Waals surface area contributed by atoms with Gasteiger partial charge in [0.2, 0.25) is 5.60 Å². The molecule has 0 amide bonds. The Balaban J connectivity index is 1.38. The van der Waals surface area contributed by atoms with Gasteiger partial charge in [-0.05, 0) is 96.1 Å². The smallest absolute Gasteiger partial charge is 0.344 e. The predicted molar refractivity (Wildman–Crippen MR) is 232 cm³/mol. The summed E-state index contributed by atoms with van der Waals surface area (Å²) >= 11 is 2.36. The molecule has 2 bridgehead atoms. The number of likely N-dealkylation sites (N-methyl/N-ethyl adjacent to an activating group) is 1. The molecule has 1 saturated carbocycles. The molecule has 1 unspecified atom stereocenters. The zero-order chi connectivity index (χ0) is 41.8. The maximum absolute atomic E-state index is 15.3. The number of nitrogens with one attached hydrogen (secondary N) is 1. The van der Waals surface area contributed by atoms with Crippen molar-refractivity contribution in [2.45, 2.75) is 87.6 Å². The average Bonchev–Trinajstić information content (AvgIpc) is 3.88. The van der Waals surface area contributed by atoms with Crippen molar-refractivity contribution in [1.29, 1.82) is 0 Å². The molecule has 1 spiro atoms. The van der Waals surface area contributed by atoms with E-state index in [1.54, 1.807) is 7.11 Å². The summed E-state index contributed by atoms with van der Waals surface area (Å²) in [4.78, 5) is 54.1. The number of methoxy groups -OCH3 is 4. The quantitative estimate of drug-likeness (QED) is 0.124. The number of aromatic amines is 1. The van der Waals surface area contributed by atoms with Gasteiger partial charge in [-0.15, -0.1) is 0 Å². The first-order valence-electron chi connectivity index (χ1n) is 20.8. The number of H-pyrrole nitrogens is 1. The van der Waals surface area contributed by atoms with E-state index in [2.05, 4.69) is 98.6 Å². The number of carbonyl (C=O) groups excluding carboxylic acids is 3. The molecule has 13 heteroatoms. The van der Waals surface area contributed by atoms with E-state index in [1.807, 2.05) is 13.1 Å². The molecule has 9 rings (SSSR count). The molecule has 6 aliphatic rings. The summed E-state index contributed by atoms with van der Waals surface area (Å²) in [5.74, 6) is -0.876. The van der Waals surface area contributed by atoms with Crippen LogP contribution in [0.2, 0.25) is 0 Å². The molecule has 6 heterocycles. The van der Waals surface area contributed by atoms with E-state index in [1.165, 1.54) is 33.8 Å². The number of ether oxygens (including phenoxy) is 5. The van der Waals surface area contributed by atoms with Gasteiger partial charge in [0.25, 0.3) is 0 Å². The molecule has 2 fully saturated rings. The molecule has 1 aliphatic carbocycles. The van der Waals surface area contributed by atoms with Crippen molar-refractivity contribution >= 4 is 57.1 Å². The number of anilines is 1. The van der Waals surface area contributed by atoms with Crippen molar-refractivity contribution in [2.24, 2.45) is 11.3 Å². The summed E-state index contributed by atoms with van der Waals surface area (Å²) in [5, 5.41) is 1.09. The first kappa shape index (κ1) is 40.5. The largest absolute Gasteiger partial charge is 0.496 e. The number of benzene rings is 2. The van der Waals surface area contributed by atoms with E-state index in [0.29, 0.717) is 38.1 Å². The molecule has 0 radical (unpaired) electrons. The summed E-state index contributed by atoms with van der Waals surface area (Å²) in [5.41, 5.74) is 2.17. The Kier molecular flexibility index (Phi) is 9.84. The number of aromatic nitrogens is 1. The summed E-state index contributed by atoms with van der Waals surface area (Å²) in [6.07, 6.45) is 8.30. The van der Waals surface area contributed by atoms with Crippen LogP contribution >= 0.6 is 22.6 Å². The monoisotopic (exact) mass is 918 g/mol. The molecule has 2 aromatic carbocycles. The lowest BCUT2D eigenvalue weighted by Crippen LogP contribution is -2.81. The van der Waals surface area contributed by atoms with E-state index in [-0.39, 0.29) is 17.9 Å². The number of hydrogen-bond donors (Lipinski definition) is 1. The Morgan fingerprint density at radius 2 is 1.76 bits per heavy atom. The van der Waals surface area contributed by atoms with Crippen molar-refractivity contribution in [2.75, 3.05) is 66.6 Å². The highest BCUT2D eigenvalue weighted by Crippen LogP contribution is 2.69. The van der Waals surface area contributed by atoms with Gasteiger partial charge in [0.15, 0.2) is 6.10 Å². The van der Waals surface area contributed by atoms with Crippen LogP contribution in [0.4, 0.5) is 5.69 Å². The summed E-state index contributed by atoms with van der Waals surface area (Å²) in [6.45, 7) is 9.48. The van der Waals surface area contributed by atoms with Crippen LogP contribution in [-0.2, 0) is 50.7 Å². The zero-order valence-corrected chi connectivity index (χ0v) is 37.4. The van der Waals surface area contributed by atoms with Crippen LogP contribution < -0.4 is 9.64 Å². The van der Waals surface area contributed by atoms with Crippen LogP contribution in [0, 0.1) is 14.9 Å². The fraction of sp³-hybridized carbons (Fsp3) is 0.543. The fourth-order valence-corrected chi connectivity index (χ4v) is 13.6. The van der Waals surface area contributed by atoms with Crippen LogP contribution in [0.1, 0.15) is 68.8 Å². The second-order valence-electron chi connectivity index (χ2n) is 17.5. The van der Waals surface area contributed by atoms with Crippen molar-refractivity contribution in [1.82, 2.24) is 14.8 Å². The Morgan fingerprint density at radius 1 is 0.983 bits per heavy atom. The Bertz CT molecular complexity index is 2320. The van der Waals surface area contributed by atoms with Crippen LogP contribution in [0.25, 0.3) is 10.9 Å². The molecule has 3 aromatic rings. The number of carbonyl (C=O) groups is 3. The normalized spacial score (nSPS) is 34.2. The third-order valence-corrected chi connectivity index (χ3v) is 15.8. The molecule has 5 aliphatic heterocycles. The topological polar surface area (TPSA) is 123 Å². The van der Waals surface area contributed by atoms with Crippen molar-refractivity contribution in [3.63, 3.8) is 0 Å². The number of esters is 3. The lowest BCUT2D eigenvalue weighted by Gasteiger charge is -2.64. The van der Waals surface area contributed by atoms with Gasteiger partial charge in [-0.25, -0.2) is 4.79 Å². The van der Waals surface area contributed by atoms with E-state index in [0.717, 1.165) is 68.6 Å². The van der Waals surface area contributed by atoms with Crippen molar-refractivity contribution in [3.05, 3.63) is 80.1 Å². The highest BCUT2D eigenvalue weighted by Gasteiger charge is 2.81. The minimum Gasteiger partial charge on any atom is -0.496 e. The molecular formula is C46H55IN4O8. The van der Waals surface area contributed by atoms with E-state index in [4.69, 9.17) is 23.7 Å². The second-order valence-corrected chi connectivity index (χ2v) is 18.7. The van der Waals surface area contributed by atoms with E-state index < -0.39 is 45.9 Å². The summed E-state index contributed by atoms with van der Waals surface area (Å²) in [6, 6.07) is 9.79. The molecule has 1 aromatic heterocycles. The van der Waals surface area contributed by atoms with E-state index >= 15 is 4.79 Å². The first-order valence-corrected chi connectivity index (χ1v) is 21.9. The average molecular weight is 919 g/mol. The zero-order valence-electron chi connectivity index (χ0n) is 35.3. The Labute approximate surface area is 359 Å². The maximum Gasteiger partial charge on any atom is 0.344 e. The van der Waals surface area contributed by atoms with Gasteiger partial charge in [-0.1, -0.05) is 37.6 Å². The fourth-order valence-electron chi connectivity index (χ4n) is 13.1. The minimum atomic E-state index is -1.74. The highest BCUT2D eigenvalue weighted by molar-refractivity contribution is 14.1. The second kappa shape index (κ2) is 14.3. The summed E-state index contributed by atoms with van der Waals surface area (Å²) < 4.78 is 32.2. The van der Waals surface area contributed by atoms with Gasteiger partial charge in [0, 0.05) is 102 Å². The van der Waals surface area contributed by atoms with Crippen molar-refractivity contribution < 1.29 is 38.1 Å². The van der Waals surface area contributed by atoms with Gasteiger partial charge in [0.05, 0.1) is 27.4 Å². The standard InChI is InChI=1S/C46H55IN4O8/c1-9-27-18-28-22-45(41(53)56-6,37-31(25-50(23-27)24-28)30-19-29(47)12-13-34(30)48-37)33-20-32-35(21-36(33)55-5)49(4)39-44(32)15-17-51-16-11-14-43(10-2,38(44)51)40(59-26(3)52)46(39,58-8)42(54)57-7/h11-14,18-21,28,38-40,48H,9-10,15-17,22-25H2,1-8H3/t28-,38+,39-,40-,43-,44-,45+,46+/m1/s1. The highest BCUT2D eigenvalue weighted by atomic mass is 127. The Hall–Kier alpha value is -3.92. The van der Waals surface area contributed by atoms with Gasteiger partial charge < -0.3 is 33.6 Å². The van der Waals surface area contributed by atoms with Crippen LogP contribution in [0.5, 0.6) is 5.75 Å². The van der Waals surface area contributed by atoms with Crippen LogP contribution in [-0.4, -0.2) is 118 Å². The van der Waals surface area contributed by atoms with E-state index in [9.17, 15) is 9.59 Å². The van der Waals surface area contributed by atoms with Gasteiger partial charge in [-0.2, -0.15) is 0 Å². The molecule has 1 saturated heterocycles. The SMILES string of the molecule is CCC1=C[C@H]2CN(C1)Cc1c([nH]c3ccc(I)cc13)[C@@](C(=O)OC)(c1cc3c(cc1OC)N(C)[C@H]1[C@@](OC)(C(=O)OC)[C@H](OC(C)=O)[C@]4(CC)C=CCN5CC[C@]31[C@@H]54)C2. The predicted octanol–water partition coefficient (Wildman–Crippen LogP) is 6.01. The van der Waals surface area contributed by atoms with Gasteiger partial charge >= 0.3 is 17.9 Å². The van der Waals surface area contributed by atoms with Crippen LogP contribution in [0.15, 0.2) is 54.1 Å².